The maximum absolute atomic E-state index is 12.3. The first-order chi connectivity index (χ1) is 12.3. The summed E-state index contributed by atoms with van der Waals surface area (Å²) in [6.07, 6.45) is 2.31. The van der Waals surface area contributed by atoms with E-state index in [2.05, 4.69) is 10.0 Å². The van der Waals surface area contributed by atoms with Gasteiger partial charge in [0.2, 0.25) is 10.0 Å². The van der Waals surface area contributed by atoms with Crippen LogP contribution in [0, 0.1) is 11.3 Å². The molecule has 0 unspecified atom stereocenters. The second kappa shape index (κ2) is 7.24. The van der Waals surface area contributed by atoms with Crippen LogP contribution >= 0.6 is 0 Å². The molecule has 26 heavy (non-hydrogen) atoms. The van der Waals surface area contributed by atoms with E-state index in [9.17, 15) is 23.1 Å². The van der Waals surface area contributed by atoms with Crippen LogP contribution in [0.3, 0.4) is 0 Å². The Kier molecular flexibility index (Phi) is 5.19. The Morgan fingerprint density at radius 3 is 2.62 bits per heavy atom. The van der Waals surface area contributed by atoms with Crippen molar-refractivity contribution < 1.29 is 23.1 Å². The average Bonchev–Trinajstić information content (AvgIpc) is 3.18. The smallest absolute Gasteiger partial charge is 0.317 e. The minimum Gasteiger partial charge on any atom is -0.481 e. The highest BCUT2D eigenvalue weighted by Crippen LogP contribution is 2.48. The third-order valence-corrected chi connectivity index (χ3v) is 6.81. The molecule has 0 bridgehead atoms. The second-order valence-corrected chi connectivity index (χ2v) is 8.64. The minimum atomic E-state index is -3.60. The number of carbonyl (C=O) groups is 2. The van der Waals surface area contributed by atoms with E-state index in [1.807, 2.05) is 0 Å². The van der Waals surface area contributed by atoms with Gasteiger partial charge in [-0.2, -0.15) is 0 Å². The van der Waals surface area contributed by atoms with Crippen molar-refractivity contribution in [2.24, 2.45) is 11.3 Å². The van der Waals surface area contributed by atoms with Gasteiger partial charge in [-0.1, -0.05) is 24.6 Å². The van der Waals surface area contributed by atoms with Gasteiger partial charge < -0.3 is 15.3 Å². The van der Waals surface area contributed by atoms with Crippen molar-refractivity contribution in [3.05, 3.63) is 30.3 Å². The van der Waals surface area contributed by atoms with Crippen LogP contribution in [0.5, 0.6) is 0 Å². The number of hydrogen-bond donors (Lipinski definition) is 3. The molecule has 1 aromatic rings. The molecule has 1 saturated heterocycles. The molecular weight excluding hydrogens is 358 g/mol. The first kappa shape index (κ1) is 18.7. The zero-order valence-electron chi connectivity index (χ0n) is 14.3. The molecule has 1 aliphatic carbocycles. The lowest BCUT2D eigenvalue weighted by molar-refractivity contribution is -0.149. The number of carboxylic acids is 1. The first-order valence-corrected chi connectivity index (χ1v) is 10.1. The summed E-state index contributed by atoms with van der Waals surface area (Å²) >= 11 is 0. The van der Waals surface area contributed by atoms with Gasteiger partial charge in [-0.15, -0.1) is 0 Å². The predicted octanol–water partition coefficient (Wildman–Crippen LogP) is 0.861. The van der Waals surface area contributed by atoms with E-state index >= 15 is 0 Å². The Labute approximate surface area is 152 Å². The maximum atomic E-state index is 12.3. The fourth-order valence-electron chi connectivity index (χ4n) is 3.94. The van der Waals surface area contributed by atoms with Crippen LogP contribution in [-0.2, 0) is 14.8 Å². The van der Waals surface area contributed by atoms with Crippen molar-refractivity contribution >= 4 is 22.0 Å². The molecule has 1 aliphatic heterocycles. The number of fused-ring (bicyclic) bond motifs is 1. The molecule has 2 aliphatic rings. The average molecular weight is 381 g/mol. The van der Waals surface area contributed by atoms with Crippen LogP contribution in [0.4, 0.5) is 4.79 Å². The lowest BCUT2D eigenvalue weighted by Gasteiger charge is -2.23. The van der Waals surface area contributed by atoms with Crippen LogP contribution in [0.15, 0.2) is 35.2 Å². The normalized spacial score (nSPS) is 25.1. The van der Waals surface area contributed by atoms with E-state index < -0.39 is 21.4 Å². The molecule has 1 aromatic carbocycles. The lowest BCUT2D eigenvalue weighted by atomic mass is 9.81. The number of urea groups is 1. The molecule has 2 atom stereocenters. The highest BCUT2D eigenvalue weighted by molar-refractivity contribution is 7.89. The second-order valence-electron chi connectivity index (χ2n) is 6.87. The van der Waals surface area contributed by atoms with Crippen LogP contribution in [0.1, 0.15) is 19.3 Å². The van der Waals surface area contributed by atoms with Gasteiger partial charge in [0.05, 0.1) is 10.3 Å². The monoisotopic (exact) mass is 381 g/mol. The molecule has 142 valence electrons. The third kappa shape index (κ3) is 3.54. The zero-order valence-corrected chi connectivity index (χ0v) is 15.2. The van der Waals surface area contributed by atoms with Gasteiger partial charge in [0.1, 0.15) is 0 Å². The SMILES string of the molecule is O=C(NCCNS(=O)(=O)c1ccccc1)N1C[C@@H]2CCC[C@@]2(C(=O)O)C1. The molecule has 1 heterocycles. The number of nitrogens with zero attached hydrogens (tertiary/aromatic N) is 1. The highest BCUT2D eigenvalue weighted by atomic mass is 32.2. The van der Waals surface area contributed by atoms with Gasteiger partial charge in [0, 0.05) is 26.2 Å². The van der Waals surface area contributed by atoms with E-state index in [4.69, 9.17) is 0 Å². The Hall–Kier alpha value is -2.13. The number of aliphatic carboxylic acids is 1. The summed E-state index contributed by atoms with van der Waals surface area (Å²) in [5.74, 6) is -0.826. The number of amides is 2. The number of sulfonamides is 1. The largest absolute Gasteiger partial charge is 0.481 e. The third-order valence-electron chi connectivity index (χ3n) is 5.33. The number of likely N-dealkylation sites (tertiary alicyclic amines) is 1. The standard InChI is InChI=1S/C17H23N3O5S/c21-15(22)17-8-4-5-13(17)11-20(12-17)16(23)18-9-10-19-26(24,25)14-6-2-1-3-7-14/h1-3,6-7,13,19H,4-5,8-12H2,(H,18,23)(H,21,22)/t13-,17+/m0/s1. The van der Waals surface area contributed by atoms with Crippen LogP contribution in [0.25, 0.3) is 0 Å². The van der Waals surface area contributed by atoms with Gasteiger partial charge in [-0.25, -0.2) is 17.9 Å². The highest BCUT2D eigenvalue weighted by Gasteiger charge is 2.55. The van der Waals surface area contributed by atoms with Crippen molar-refractivity contribution in [1.29, 1.82) is 0 Å². The van der Waals surface area contributed by atoms with E-state index in [-0.39, 0.29) is 36.5 Å². The summed E-state index contributed by atoms with van der Waals surface area (Å²) in [5.41, 5.74) is -0.813. The predicted molar refractivity (Wildman–Crippen MR) is 94.0 cm³/mol. The molecule has 0 spiro atoms. The van der Waals surface area contributed by atoms with Crippen molar-refractivity contribution in [2.45, 2.75) is 24.2 Å². The van der Waals surface area contributed by atoms with E-state index in [1.54, 1.807) is 18.2 Å². The van der Waals surface area contributed by atoms with Crippen molar-refractivity contribution in [1.82, 2.24) is 14.9 Å². The van der Waals surface area contributed by atoms with E-state index in [1.165, 1.54) is 17.0 Å². The fourth-order valence-corrected chi connectivity index (χ4v) is 5.00. The zero-order chi connectivity index (χ0) is 18.8. The molecule has 0 aromatic heterocycles. The molecule has 3 N–H and O–H groups in total. The molecule has 2 fully saturated rings. The van der Waals surface area contributed by atoms with Gasteiger partial charge in [-0.05, 0) is 30.9 Å². The molecular formula is C17H23N3O5S. The summed E-state index contributed by atoms with van der Waals surface area (Å²) in [6, 6.07) is 7.65. The molecule has 8 nitrogen and oxygen atoms in total. The summed E-state index contributed by atoms with van der Waals surface area (Å²) in [6.45, 7) is 0.846. The number of benzene rings is 1. The van der Waals surface area contributed by atoms with Crippen LogP contribution in [0.2, 0.25) is 0 Å². The Bertz CT molecular complexity index is 783. The van der Waals surface area contributed by atoms with Crippen LogP contribution in [-0.4, -0.2) is 56.6 Å². The number of hydrogen-bond acceptors (Lipinski definition) is 4. The minimum absolute atomic E-state index is 0.00216. The summed E-state index contributed by atoms with van der Waals surface area (Å²) in [4.78, 5) is 25.6. The van der Waals surface area contributed by atoms with Gasteiger partial charge >= 0.3 is 12.0 Å². The molecule has 0 radical (unpaired) electrons. The topological polar surface area (TPSA) is 116 Å². The van der Waals surface area contributed by atoms with Crippen LogP contribution < -0.4 is 10.0 Å². The maximum Gasteiger partial charge on any atom is 0.317 e. The summed E-state index contributed by atoms with van der Waals surface area (Å²) < 4.78 is 26.6. The Balaban J connectivity index is 1.48. The van der Waals surface area contributed by atoms with E-state index in [0.29, 0.717) is 13.0 Å². The van der Waals surface area contributed by atoms with Gasteiger partial charge in [-0.3, -0.25) is 4.79 Å². The number of nitrogens with one attached hydrogen (secondary N) is 2. The Morgan fingerprint density at radius 2 is 1.96 bits per heavy atom. The van der Waals surface area contributed by atoms with Gasteiger partial charge in [0.15, 0.2) is 0 Å². The summed E-state index contributed by atoms with van der Waals surface area (Å²) in [5, 5.41) is 12.2. The Morgan fingerprint density at radius 1 is 1.23 bits per heavy atom. The van der Waals surface area contributed by atoms with Crippen molar-refractivity contribution in [3.8, 4) is 0 Å². The molecule has 1 saturated carbocycles. The van der Waals surface area contributed by atoms with E-state index in [0.717, 1.165) is 12.8 Å². The number of carboxylic acid groups (broad SMARTS) is 1. The van der Waals surface area contributed by atoms with Crippen molar-refractivity contribution in [3.63, 3.8) is 0 Å². The number of rotatable bonds is 6. The van der Waals surface area contributed by atoms with Crippen molar-refractivity contribution in [2.75, 3.05) is 26.2 Å². The lowest BCUT2D eigenvalue weighted by Crippen LogP contribution is -2.43. The quantitative estimate of drug-likeness (QED) is 0.632. The molecule has 3 rings (SSSR count). The number of carbonyl (C=O) groups excluding carboxylic acids is 1. The molecule has 2 amide bonds. The fraction of sp³-hybridized carbons (Fsp3) is 0.529. The summed E-state index contributed by atoms with van der Waals surface area (Å²) in [7, 11) is -3.60. The van der Waals surface area contributed by atoms with Gasteiger partial charge in [0.25, 0.3) is 0 Å². The molecule has 9 heteroatoms. The first-order valence-electron chi connectivity index (χ1n) is 8.66.